The van der Waals surface area contributed by atoms with Gasteiger partial charge in [-0.05, 0) is 41.9 Å². The van der Waals surface area contributed by atoms with Gasteiger partial charge in [-0.15, -0.1) is 0 Å². The second kappa shape index (κ2) is 4.79. The van der Waals surface area contributed by atoms with Gasteiger partial charge in [-0.25, -0.2) is 0 Å². The molecule has 2 heteroatoms. The molecule has 2 aliphatic rings. The van der Waals surface area contributed by atoms with Crippen molar-refractivity contribution in [1.29, 1.82) is 0 Å². The molecule has 0 saturated heterocycles. The van der Waals surface area contributed by atoms with Crippen molar-refractivity contribution >= 4 is 0 Å². The molecule has 0 amide bonds. The molecule has 0 spiro atoms. The number of rotatable bonds is 3. The summed E-state index contributed by atoms with van der Waals surface area (Å²) in [5, 5.41) is 7.10. The molecule has 1 aliphatic heterocycles. The van der Waals surface area contributed by atoms with E-state index in [4.69, 9.17) is 0 Å². The molecule has 2 atom stereocenters. The predicted octanol–water partition coefficient (Wildman–Crippen LogP) is 2.57. The monoisotopic (exact) mass is 230 g/mol. The van der Waals surface area contributed by atoms with Gasteiger partial charge in [-0.1, -0.05) is 25.1 Å². The van der Waals surface area contributed by atoms with Crippen molar-refractivity contribution in [1.82, 2.24) is 10.6 Å². The minimum absolute atomic E-state index is 0.747. The van der Waals surface area contributed by atoms with Crippen LogP contribution in [-0.2, 0) is 19.6 Å². The molecule has 92 valence electrons. The maximum atomic E-state index is 3.70. The average molecular weight is 230 g/mol. The highest BCUT2D eigenvalue weighted by Crippen LogP contribution is 2.25. The van der Waals surface area contributed by atoms with Crippen LogP contribution in [0.3, 0.4) is 0 Å². The van der Waals surface area contributed by atoms with Crippen LogP contribution in [0.5, 0.6) is 0 Å². The van der Waals surface area contributed by atoms with E-state index in [1.165, 1.54) is 36.0 Å². The Morgan fingerprint density at radius 1 is 1.24 bits per heavy atom. The van der Waals surface area contributed by atoms with E-state index in [1.54, 1.807) is 0 Å². The van der Waals surface area contributed by atoms with Crippen molar-refractivity contribution in [2.24, 2.45) is 5.92 Å². The molecule has 2 N–H and O–H groups in total. The molecule has 2 nitrogen and oxygen atoms in total. The van der Waals surface area contributed by atoms with Crippen molar-refractivity contribution in [3.63, 3.8) is 0 Å². The minimum atomic E-state index is 0.747. The summed E-state index contributed by atoms with van der Waals surface area (Å²) in [6.45, 7) is 5.49. The first-order chi connectivity index (χ1) is 8.31. The van der Waals surface area contributed by atoms with E-state index in [9.17, 15) is 0 Å². The molecule has 1 aromatic carbocycles. The first kappa shape index (κ1) is 11.2. The number of hydrogen-bond acceptors (Lipinski definition) is 2. The molecule has 3 rings (SSSR count). The summed E-state index contributed by atoms with van der Waals surface area (Å²) >= 11 is 0. The first-order valence-corrected chi connectivity index (χ1v) is 6.86. The second-order valence-electron chi connectivity index (χ2n) is 5.70. The molecule has 1 aromatic rings. The van der Waals surface area contributed by atoms with Crippen LogP contribution in [0.15, 0.2) is 18.2 Å². The summed E-state index contributed by atoms with van der Waals surface area (Å²) in [4.78, 5) is 0. The van der Waals surface area contributed by atoms with Gasteiger partial charge in [0.2, 0.25) is 0 Å². The molecular formula is C15H22N2. The first-order valence-electron chi connectivity index (χ1n) is 6.86. The summed E-state index contributed by atoms with van der Waals surface area (Å²) in [5.41, 5.74) is 4.40. The molecule has 1 aliphatic carbocycles. The van der Waals surface area contributed by atoms with Gasteiger partial charge < -0.3 is 10.6 Å². The Hall–Kier alpha value is -0.860. The molecular weight excluding hydrogens is 208 g/mol. The molecule has 0 radical (unpaired) electrons. The fourth-order valence-corrected chi connectivity index (χ4v) is 3.11. The maximum Gasteiger partial charge on any atom is 0.0212 e. The largest absolute Gasteiger partial charge is 0.310 e. The van der Waals surface area contributed by atoms with Crippen molar-refractivity contribution in [2.75, 3.05) is 0 Å². The molecule has 1 fully saturated rings. The average Bonchev–Trinajstić information content (AvgIpc) is 2.94. The Labute approximate surface area is 104 Å². The summed E-state index contributed by atoms with van der Waals surface area (Å²) in [7, 11) is 0. The Kier molecular flexibility index (Phi) is 3.17. The SMILES string of the molecule is CC1CCC(NCc2ccc3c(c2)CNC3)C1. The smallest absolute Gasteiger partial charge is 0.0212 e. The summed E-state index contributed by atoms with van der Waals surface area (Å²) in [5.74, 6) is 0.914. The number of benzene rings is 1. The van der Waals surface area contributed by atoms with E-state index in [2.05, 4.69) is 35.8 Å². The van der Waals surface area contributed by atoms with Crippen LogP contribution in [0, 0.1) is 5.92 Å². The zero-order valence-corrected chi connectivity index (χ0v) is 10.6. The zero-order chi connectivity index (χ0) is 11.7. The van der Waals surface area contributed by atoms with E-state index in [1.807, 2.05) is 0 Å². The quantitative estimate of drug-likeness (QED) is 0.834. The Balaban J connectivity index is 1.58. The van der Waals surface area contributed by atoms with Gasteiger partial charge in [0.1, 0.15) is 0 Å². The van der Waals surface area contributed by atoms with Crippen LogP contribution in [0.4, 0.5) is 0 Å². The van der Waals surface area contributed by atoms with Gasteiger partial charge in [-0.3, -0.25) is 0 Å². The molecule has 2 unspecified atom stereocenters. The van der Waals surface area contributed by atoms with E-state index in [-0.39, 0.29) is 0 Å². The third kappa shape index (κ3) is 2.53. The third-order valence-electron chi connectivity index (χ3n) is 4.19. The lowest BCUT2D eigenvalue weighted by molar-refractivity contribution is 0.502. The maximum absolute atomic E-state index is 3.70. The van der Waals surface area contributed by atoms with Gasteiger partial charge in [0.05, 0.1) is 0 Å². The normalized spacial score (nSPS) is 27.4. The Morgan fingerprint density at radius 3 is 2.94 bits per heavy atom. The summed E-state index contributed by atoms with van der Waals surface area (Å²) in [6, 6.07) is 7.66. The van der Waals surface area contributed by atoms with Gasteiger partial charge in [0, 0.05) is 25.7 Å². The van der Waals surface area contributed by atoms with Crippen molar-refractivity contribution in [3.8, 4) is 0 Å². The van der Waals surface area contributed by atoms with Crippen LogP contribution in [0.2, 0.25) is 0 Å². The summed E-state index contributed by atoms with van der Waals surface area (Å²) in [6.07, 6.45) is 4.10. The van der Waals surface area contributed by atoms with E-state index >= 15 is 0 Å². The zero-order valence-electron chi connectivity index (χ0n) is 10.6. The lowest BCUT2D eigenvalue weighted by atomic mass is 10.1. The minimum Gasteiger partial charge on any atom is -0.310 e. The number of nitrogens with one attached hydrogen (secondary N) is 2. The van der Waals surface area contributed by atoms with Crippen LogP contribution in [0.1, 0.15) is 42.9 Å². The van der Waals surface area contributed by atoms with Gasteiger partial charge >= 0.3 is 0 Å². The van der Waals surface area contributed by atoms with Crippen LogP contribution >= 0.6 is 0 Å². The van der Waals surface area contributed by atoms with Crippen molar-refractivity contribution < 1.29 is 0 Å². The van der Waals surface area contributed by atoms with Crippen LogP contribution < -0.4 is 10.6 Å². The third-order valence-corrected chi connectivity index (χ3v) is 4.19. The highest BCUT2D eigenvalue weighted by atomic mass is 14.9. The Bertz CT molecular complexity index is 400. The van der Waals surface area contributed by atoms with Gasteiger partial charge in [0.25, 0.3) is 0 Å². The lowest BCUT2D eigenvalue weighted by Crippen LogP contribution is -2.25. The number of hydrogen-bond donors (Lipinski definition) is 2. The van der Waals surface area contributed by atoms with Gasteiger partial charge in [0.15, 0.2) is 0 Å². The molecule has 1 saturated carbocycles. The molecule has 0 bridgehead atoms. The Morgan fingerprint density at radius 2 is 2.12 bits per heavy atom. The van der Waals surface area contributed by atoms with Crippen molar-refractivity contribution in [3.05, 3.63) is 34.9 Å². The second-order valence-corrected chi connectivity index (χ2v) is 5.70. The van der Waals surface area contributed by atoms with Gasteiger partial charge in [-0.2, -0.15) is 0 Å². The highest BCUT2D eigenvalue weighted by molar-refractivity contribution is 5.34. The highest BCUT2D eigenvalue weighted by Gasteiger charge is 2.20. The lowest BCUT2D eigenvalue weighted by Gasteiger charge is -2.13. The standard InChI is InChI=1S/C15H22N2/c1-11-2-5-15(6-11)17-8-12-3-4-13-9-16-10-14(13)7-12/h3-4,7,11,15-17H,2,5-6,8-10H2,1H3. The van der Waals surface area contributed by atoms with Crippen LogP contribution in [0.25, 0.3) is 0 Å². The predicted molar refractivity (Wildman–Crippen MR) is 70.6 cm³/mol. The molecule has 1 heterocycles. The van der Waals surface area contributed by atoms with E-state index in [0.717, 1.165) is 31.6 Å². The van der Waals surface area contributed by atoms with Crippen molar-refractivity contribution in [2.45, 2.75) is 51.9 Å². The summed E-state index contributed by atoms with van der Waals surface area (Å²) < 4.78 is 0. The molecule has 0 aromatic heterocycles. The molecule has 17 heavy (non-hydrogen) atoms. The fourth-order valence-electron chi connectivity index (χ4n) is 3.11. The van der Waals surface area contributed by atoms with E-state index in [0.29, 0.717) is 0 Å². The van der Waals surface area contributed by atoms with E-state index < -0.39 is 0 Å². The fraction of sp³-hybridized carbons (Fsp3) is 0.600. The van der Waals surface area contributed by atoms with Crippen LogP contribution in [-0.4, -0.2) is 6.04 Å². The topological polar surface area (TPSA) is 24.1 Å². The number of fused-ring (bicyclic) bond motifs is 1.